The van der Waals surface area contributed by atoms with Crippen LogP contribution in [0.15, 0.2) is 71.1 Å². The van der Waals surface area contributed by atoms with Gasteiger partial charge in [-0.1, -0.05) is 12.1 Å². The molecule has 0 fully saturated rings. The minimum atomic E-state index is -0.375. The zero-order valence-corrected chi connectivity index (χ0v) is 14.0. The Morgan fingerprint density at radius 3 is 2.54 bits per heavy atom. The number of hydrogen-bond donors (Lipinski definition) is 1. The van der Waals surface area contributed by atoms with E-state index in [9.17, 15) is 9.18 Å². The molecule has 1 aromatic heterocycles. The highest BCUT2D eigenvalue weighted by Gasteiger charge is 2.11. The molecule has 4 aromatic rings. The van der Waals surface area contributed by atoms with Gasteiger partial charge < -0.3 is 9.73 Å². The molecule has 0 unspecified atom stereocenters. The first-order valence-electron chi connectivity index (χ1n) is 8.14. The molecular formula is C21H15FN2O2. The minimum Gasteiger partial charge on any atom is -0.436 e. The van der Waals surface area contributed by atoms with E-state index in [1.807, 2.05) is 43.3 Å². The van der Waals surface area contributed by atoms with Gasteiger partial charge >= 0.3 is 0 Å². The summed E-state index contributed by atoms with van der Waals surface area (Å²) in [6.07, 6.45) is 0. The Bertz CT molecular complexity index is 1070. The molecule has 0 aliphatic rings. The van der Waals surface area contributed by atoms with Gasteiger partial charge in [0.25, 0.3) is 5.91 Å². The first-order chi connectivity index (χ1) is 12.6. The van der Waals surface area contributed by atoms with Gasteiger partial charge in [0.05, 0.1) is 0 Å². The molecule has 5 heteroatoms. The lowest BCUT2D eigenvalue weighted by Crippen LogP contribution is -2.12. The molecule has 0 radical (unpaired) electrons. The number of halogens is 1. The molecule has 0 saturated carbocycles. The molecule has 1 amide bonds. The SMILES string of the molecule is Cc1cc(-c2nc3ccccc3o2)ccc1NC(=O)c1ccc(F)cc1. The third-order valence-electron chi connectivity index (χ3n) is 4.12. The third-order valence-corrected chi connectivity index (χ3v) is 4.12. The minimum absolute atomic E-state index is 0.289. The van der Waals surface area contributed by atoms with Crippen molar-refractivity contribution in [2.45, 2.75) is 6.92 Å². The highest BCUT2D eigenvalue weighted by molar-refractivity contribution is 6.04. The first kappa shape index (κ1) is 16.0. The van der Waals surface area contributed by atoms with Crippen LogP contribution in [0, 0.1) is 12.7 Å². The highest BCUT2D eigenvalue weighted by Crippen LogP contribution is 2.27. The van der Waals surface area contributed by atoms with Crippen LogP contribution in [0.25, 0.3) is 22.6 Å². The summed E-state index contributed by atoms with van der Waals surface area (Å²) in [7, 11) is 0. The van der Waals surface area contributed by atoms with Gasteiger partial charge in [0.2, 0.25) is 5.89 Å². The van der Waals surface area contributed by atoms with E-state index < -0.39 is 0 Å². The number of carbonyl (C=O) groups is 1. The second-order valence-electron chi connectivity index (χ2n) is 5.98. The van der Waals surface area contributed by atoms with Crippen LogP contribution in [0.4, 0.5) is 10.1 Å². The van der Waals surface area contributed by atoms with Crippen molar-refractivity contribution in [3.8, 4) is 11.5 Å². The van der Waals surface area contributed by atoms with Crippen molar-refractivity contribution in [3.05, 3.63) is 83.7 Å². The third kappa shape index (κ3) is 3.07. The lowest BCUT2D eigenvalue weighted by atomic mass is 10.1. The normalized spacial score (nSPS) is 10.8. The van der Waals surface area contributed by atoms with Crippen LogP contribution in [-0.4, -0.2) is 10.9 Å². The number of oxazole rings is 1. The summed E-state index contributed by atoms with van der Waals surface area (Å²) in [5.41, 5.74) is 4.31. The molecule has 0 bridgehead atoms. The van der Waals surface area contributed by atoms with Crippen LogP contribution < -0.4 is 5.32 Å². The molecule has 128 valence electrons. The Balaban J connectivity index is 1.59. The van der Waals surface area contributed by atoms with Gasteiger partial charge in [0.1, 0.15) is 11.3 Å². The maximum absolute atomic E-state index is 13.0. The lowest BCUT2D eigenvalue weighted by molar-refractivity contribution is 0.102. The zero-order valence-electron chi connectivity index (χ0n) is 14.0. The molecule has 0 aliphatic heterocycles. The Labute approximate surface area is 149 Å². The van der Waals surface area contributed by atoms with Crippen molar-refractivity contribution in [2.75, 3.05) is 5.32 Å². The average molecular weight is 346 g/mol. The van der Waals surface area contributed by atoms with Crippen molar-refractivity contribution in [3.63, 3.8) is 0 Å². The summed E-state index contributed by atoms with van der Waals surface area (Å²) in [6, 6.07) is 18.6. The molecule has 26 heavy (non-hydrogen) atoms. The van der Waals surface area contributed by atoms with E-state index in [-0.39, 0.29) is 11.7 Å². The smallest absolute Gasteiger partial charge is 0.255 e. The number of rotatable bonds is 3. The fourth-order valence-electron chi connectivity index (χ4n) is 2.73. The number of carbonyl (C=O) groups excluding carboxylic acids is 1. The number of aryl methyl sites for hydroxylation is 1. The summed E-state index contributed by atoms with van der Waals surface area (Å²) in [6.45, 7) is 1.90. The Kier molecular flexibility index (Phi) is 3.97. The molecule has 4 nitrogen and oxygen atoms in total. The number of fused-ring (bicyclic) bond motifs is 1. The van der Waals surface area contributed by atoms with Crippen LogP contribution in [0.5, 0.6) is 0 Å². The molecule has 0 aliphatic carbocycles. The predicted molar refractivity (Wildman–Crippen MR) is 98.5 cm³/mol. The van der Waals surface area contributed by atoms with E-state index in [1.165, 1.54) is 24.3 Å². The number of hydrogen-bond acceptors (Lipinski definition) is 3. The van der Waals surface area contributed by atoms with Gasteiger partial charge in [0, 0.05) is 16.8 Å². The summed E-state index contributed by atoms with van der Waals surface area (Å²) >= 11 is 0. The van der Waals surface area contributed by atoms with Gasteiger partial charge in [-0.15, -0.1) is 0 Å². The molecule has 0 saturated heterocycles. The Morgan fingerprint density at radius 1 is 1.04 bits per heavy atom. The number of para-hydroxylation sites is 2. The van der Waals surface area contributed by atoms with Gasteiger partial charge in [-0.25, -0.2) is 9.37 Å². The maximum Gasteiger partial charge on any atom is 0.255 e. The summed E-state index contributed by atoms with van der Waals surface area (Å²) in [5.74, 6) is -0.131. The highest BCUT2D eigenvalue weighted by atomic mass is 19.1. The van der Waals surface area contributed by atoms with E-state index in [4.69, 9.17) is 4.42 Å². The van der Waals surface area contributed by atoms with E-state index in [0.29, 0.717) is 17.1 Å². The summed E-state index contributed by atoms with van der Waals surface area (Å²) < 4.78 is 18.8. The van der Waals surface area contributed by atoms with Crippen molar-refractivity contribution < 1.29 is 13.6 Å². The van der Waals surface area contributed by atoms with E-state index in [1.54, 1.807) is 6.07 Å². The molecule has 1 heterocycles. The molecule has 0 spiro atoms. The Hall–Kier alpha value is -3.47. The molecule has 3 aromatic carbocycles. The largest absolute Gasteiger partial charge is 0.436 e. The van der Waals surface area contributed by atoms with Gasteiger partial charge in [0.15, 0.2) is 5.58 Å². The van der Waals surface area contributed by atoms with Gasteiger partial charge in [-0.3, -0.25) is 4.79 Å². The number of nitrogens with one attached hydrogen (secondary N) is 1. The van der Waals surface area contributed by atoms with Gasteiger partial charge in [-0.05, 0) is 67.1 Å². The second-order valence-corrected chi connectivity index (χ2v) is 5.98. The van der Waals surface area contributed by atoms with Gasteiger partial charge in [-0.2, -0.15) is 0 Å². The number of nitrogens with zero attached hydrogens (tertiary/aromatic N) is 1. The number of amides is 1. The van der Waals surface area contributed by atoms with Crippen LogP contribution in [0.1, 0.15) is 15.9 Å². The standard InChI is InChI=1S/C21H15FN2O2/c1-13-12-15(21-24-18-4-2-3-5-19(18)26-21)8-11-17(13)23-20(25)14-6-9-16(22)10-7-14/h2-12H,1H3,(H,23,25). The monoisotopic (exact) mass is 346 g/mol. The number of benzene rings is 3. The fourth-order valence-corrected chi connectivity index (χ4v) is 2.73. The predicted octanol–water partition coefficient (Wildman–Crippen LogP) is 5.19. The first-order valence-corrected chi connectivity index (χ1v) is 8.14. The maximum atomic E-state index is 13.0. The quantitative estimate of drug-likeness (QED) is 0.555. The second kappa shape index (κ2) is 6.44. The summed E-state index contributed by atoms with van der Waals surface area (Å²) in [4.78, 5) is 16.8. The topological polar surface area (TPSA) is 55.1 Å². The average Bonchev–Trinajstić information content (AvgIpc) is 3.08. The van der Waals surface area contributed by atoms with Crippen molar-refractivity contribution >= 4 is 22.7 Å². The number of anilines is 1. The molecule has 1 N–H and O–H groups in total. The van der Waals surface area contributed by atoms with E-state index in [0.717, 1.165) is 22.2 Å². The Morgan fingerprint density at radius 2 is 1.81 bits per heavy atom. The van der Waals surface area contributed by atoms with Crippen LogP contribution in [0.3, 0.4) is 0 Å². The zero-order chi connectivity index (χ0) is 18.1. The van der Waals surface area contributed by atoms with Crippen LogP contribution >= 0.6 is 0 Å². The van der Waals surface area contributed by atoms with Crippen LogP contribution in [-0.2, 0) is 0 Å². The molecule has 4 rings (SSSR count). The van der Waals surface area contributed by atoms with E-state index in [2.05, 4.69) is 10.3 Å². The van der Waals surface area contributed by atoms with E-state index >= 15 is 0 Å². The summed E-state index contributed by atoms with van der Waals surface area (Å²) in [5, 5.41) is 2.84. The molecule has 0 atom stereocenters. The van der Waals surface area contributed by atoms with Crippen molar-refractivity contribution in [2.24, 2.45) is 0 Å². The van der Waals surface area contributed by atoms with Crippen molar-refractivity contribution in [1.29, 1.82) is 0 Å². The number of aromatic nitrogens is 1. The lowest BCUT2D eigenvalue weighted by Gasteiger charge is -2.09. The fraction of sp³-hybridized carbons (Fsp3) is 0.0476. The van der Waals surface area contributed by atoms with Crippen LogP contribution in [0.2, 0.25) is 0 Å². The van der Waals surface area contributed by atoms with Crippen molar-refractivity contribution in [1.82, 2.24) is 4.98 Å². The molecular weight excluding hydrogens is 331 g/mol.